The number of H-pyrrole nitrogens is 1. The number of aromatic amines is 1. The third-order valence-electron chi connectivity index (χ3n) is 5.03. The summed E-state index contributed by atoms with van der Waals surface area (Å²) < 4.78 is 0. The number of likely N-dealkylation sites (N-methyl/N-ethyl adjacent to an activating group) is 1. The lowest BCUT2D eigenvalue weighted by Gasteiger charge is -2.37. The molecule has 2 aromatic rings. The van der Waals surface area contributed by atoms with Crippen LogP contribution in [0.2, 0.25) is 0 Å². The molecule has 0 radical (unpaired) electrons. The zero-order chi connectivity index (χ0) is 17.8. The summed E-state index contributed by atoms with van der Waals surface area (Å²) in [6.07, 6.45) is 0. The van der Waals surface area contributed by atoms with Crippen molar-refractivity contribution in [1.82, 2.24) is 20.1 Å². The van der Waals surface area contributed by atoms with Gasteiger partial charge in [-0.05, 0) is 19.5 Å². The van der Waals surface area contributed by atoms with E-state index in [9.17, 15) is 9.59 Å². The largest absolute Gasteiger partial charge is 0.350 e. The topological polar surface area (TPSA) is 68.4 Å². The van der Waals surface area contributed by atoms with E-state index in [-0.39, 0.29) is 17.5 Å². The van der Waals surface area contributed by atoms with Gasteiger partial charge in [0.15, 0.2) is 0 Å². The van der Waals surface area contributed by atoms with Crippen molar-refractivity contribution in [2.45, 2.75) is 19.9 Å². The Morgan fingerprint density at radius 3 is 2.68 bits per heavy atom. The van der Waals surface area contributed by atoms with Gasteiger partial charge in [0.2, 0.25) is 5.56 Å². The van der Waals surface area contributed by atoms with Crippen LogP contribution in [0.5, 0.6) is 0 Å². The first-order valence-corrected chi connectivity index (χ1v) is 8.95. The van der Waals surface area contributed by atoms with Crippen molar-refractivity contribution >= 4 is 16.8 Å². The van der Waals surface area contributed by atoms with Crippen LogP contribution in [0.3, 0.4) is 0 Å². The number of para-hydroxylation sites is 1. The number of fused-ring (bicyclic) bond motifs is 1. The van der Waals surface area contributed by atoms with Crippen LogP contribution in [-0.2, 0) is 0 Å². The number of nitrogens with one attached hydrogen (secondary N) is 2. The fraction of sp³-hybridized carbons (Fsp3) is 0.474. The molecule has 1 fully saturated rings. The first kappa shape index (κ1) is 17.6. The van der Waals surface area contributed by atoms with Crippen LogP contribution >= 0.6 is 0 Å². The molecule has 6 nitrogen and oxygen atoms in total. The summed E-state index contributed by atoms with van der Waals surface area (Å²) in [5.41, 5.74) is 0.860. The number of amides is 1. The summed E-state index contributed by atoms with van der Waals surface area (Å²) in [5, 5.41) is 3.76. The maximum Gasteiger partial charge on any atom is 0.252 e. The minimum Gasteiger partial charge on any atom is -0.350 e. The van der Waals surface area contributed by atoms with E-state index < -0.39 is 0 Å². The summed E-state index contributed by atoms with van der Waals surface area (Å²) >= 11 is 0. The summed E-state index contributed by atoms with van der Waals surface area (Å²) in [7, 11) is 0. The molecule has 134 valence electrons. The molecule has 0 unspecified atom stereocenters. The fourth-order valence-electron chi connectivity index (χ4n) is 3.38. The molecular formula is C19H26N4O2. The molecule has 1 aromatic heterocycles. The average molecular weight is 342 g/mol. The first-order valence-electron chi connectivity index (χ1n) is 8.95. The van der Waals surface area contributed by atoms with Gasteiger partial charge in [0, 0.05) is 55.7 Å². The average Bonchev–Trinajstić information content (AvgIpc) is 2.65. The van der Waals surface area contributed by atoms with E-state index in [1.54, 1.807) is 0 Å². The lowest BCUT2D eigenvalue weighted by molar-refractivity contribution is 0.0884. The van der Waals surface area contributed by atoms with Crippen molar-refractivity contribution in [3.8, 4) is 0 Å². The van der Waals surface area contributed by atoms with Gasteiger partial charge in [-0.2, -0.15) is 0 Å². The molecule has 25 heavy (non-hydrogen) atoms. The van der Waals surface area contributed by atoms with E-state index in [1.807, 2.05) is 24.3 Å². The third kappa shape index (κ3) is 4.08. The van der Waals surface area contributed by atoms with Crippen LogP contribution in [0.25, 0.3) is 10.9 Å². The number of aromatic nitrogens is 1. The molecule has 2 N–H and O–H groups in total. The highest BCUT2D eigenvalue weighted by Crippen LogP contribution is 2.14. The fourth-order valence-corrected chi connectivity index (χ4v) is 3.38. The number of rotatable bonds is 5. The number of carbonyl (C=O) groups is 1. The predicted molar refractivity (Wildman–Crippen MR) is 100 cm³/mol. The van der Waals surface area contributed by atoms with E-state index in [0.717, 1.165) is 38.1 Å². The molecule has 1 atom stereocenters. The molecule has 1 amide bonds. The van der Waals surface area contributed by atoms with Crippen molar-refractivity contribution in [1.29, 1.82) is 0 Å². The zero-order valence-electron chi connectivity index (χ0n) is 14.9. The standard InChI is InChI=1S/C19H26N4O2/c1-3-22-8-10-23(11-9-22)14(2)13-20-19(25)16-12-18(24)21-17-7-5-4-6-15(16)17/h4-7,12,14H,3,8-11,13H2,1-2H3,(H,20,25)(H,21,24)/t14-/m0/s1. The first-order chi connectivity index (χ1) is 12.1. The monoisotopic (exact) mass is 342 g/mol. The summed E-state index contributed by atoms with van der Waals surface area (Å²) in [6, 6.07) is 9.03. The molecule has 6 heteroatoms. The van der Waals surface area contributed by atoms with Crippen LogP contribution < -0.4 is 10.9 Å². The van der Waals surface area contributed by atoms with E-state index in [1.165, 1.54) is 6.07 Å². The molecule has 0 spiro atoms. The van der Waals surface area contributed by atoms with Crippen LogP contribution in [0.15, 0.2) is 35.1 Å². The van der Waals surface area contributed by atoms with Crippen LogP contribution in [0.4, 0.5) is 0 Å². The van der Waals surface area contributed by atoms with E-state index >= 15 is 0 Å². The Bertz CT molecular complexity index is 793. The minimum absolute atomic E-state index is 0.193. The van der Waals surface area contributed by atoms with Gasteiger partial charge in [0.25, 0.3) is 5.91 Å². The Balaban J connectivity index is 1.64. The molecule has 2 heterocycles. The predicted octanol–water partition coefficient (Wildman–Crippen LogP) is 1.28. The second-order valence-corrected chi connectivity index (χ2v) is 6.62. The minimum atomic E-state index is -0.257. The number of nitrogens with zero attached hydrogens (tertiary/aromatic N) is 2. The molecule has 1 aliphatic heterocycles. The number of hydrogen-bond acceptors (Lipinski definition) is 4. The van der Waals surface area contributed by atoms with Crippen LogP contribution in [0.1, 0.15) is 24.2 Å². The van der Waals surface area contributed by atoms with Crippen molar-refractivity contribution in [2.24, 2.45) is 0 Å². The van der Waals surface area contributed by atoms with E-state index in [0.29, 0.717) is 17.6 Å². The normalized spacial score (nSPS) is 17.5. The van der Waals surface area contributed by atoms with Crippen LogP contribution in [-0.4, -0.2) is 66.0 Å². The van der Waals surface area contributed by atoms with Gasteiger partial charge < -0.3 is 15.2 Å². The number of benzene rings is 1. The smallest absolute Gasteiger partial charge is 0.252 e. The van der Waals surface area contributed by atoms with Crippen LogP contribution in [0, 0.1) is 0 Å². The number of piperazine rings is 1. The Labute approximate surface area is 147 Å². The van der Waals surface area contributed by atoms with Gasteiger partial charge in [-0.15, -0.1) is 0 Å². The van der Waals surface area contributed by atoms with Gasteiger partial charge in [0.05, 0.1) is 5.56 Å². The second kappa shape index (κ2) is 7.80. The SMILES string of the molecule is CCN1CCN([C@@H](C)CNC(=O)c2cc(=O)[nH]c3ccccc23)CC1. The van der Waals surface area contributed by atoms with Gasteiger partial charge in [-0.25, -0.2) is 0 Å². The van der Waals surface area contributed by atoms with Crippen molar-refractivity contribution < 1.29 is 4.79 Å². The van der Waals surface area contributed by atoms with Crippen molar-refractivity contribution in [3.05, 3.63) is 46.2 Å². The quantitative estimate of drug-likeness (QED) is 0.859. The van der Waals surface area contributed by atoms with Crippen molar-refractivity contribution in [2.75, 3.05) is 39.3 Å². The van der Waals surface area contributed by atoms with Gasteiger partial charge >= 0.3 is 0 Å². The molecule has 0 aliphatic carbocycles. The molecule has 0 bridgehead atoms. The second-order valence-electron chi connectivity index (χ2n) is 6.62. The Morgan fingerprint density at radius 1 is 1.24 bits per heavy atom. The number of hydrogen-bond donors (Lipinski definition) is 2. The highest BCUT2D eigenvalue weighted by Gasteiger charge is 2.21. The molecular weight excluding hydrogens is 316 g/mol. The molecule has 1 aromatic carbocycles. The summed E-state index contributed by atoms with van der Waals surface area (Å²) in [5.74, 6) is -0.193. The Kier molecular flexibility index (Phi) is 5.50. The molecule has 1 aliphatic rings. The summed E-state index contributed by atoms with van der Waals surface area (Å²) in [6.45, 7) is 10.2. The van der Waals surface area contributed by atoms with Gasteiger partial charge in [-0.1, -0.05) is 25.1 Å². The van der Waals surface area contributed by atoms with Gasteiger partial charge in [0.1, 0.15) is 0 Å². The maximum atomic E-state index is 12.6. The summed E-state index contributed by atoms with van der Waals surface area (Å²) in [4.78, 5) is 32.0. The zero-order valence-corrected chi connectivity index (χ0v) is 14.9. The van der Waals surface area contributed by atoms with E-state index in [4.69, 9.17) is 0 Å². The molecule has 0 saturated carbocycles. The lowest BCUT2D eigenvalue weighted by atomic mass is 10.1. The highest BCUT2D eigenvalue weighted by molar-refractivity contribution is 6.05. The van der Waals surface area contributed by atoms with Crippen molar-refractivity contribution in [3.63, 3.8) is 0 Å². The Hall–Kier alpha value is -2.18. The molecule has 1 saturated heterocycles. The third-order valence-corrected chi connectivity index (χ3v) is 5.03. The van der Waals surface area contributed by atoms with Gasteiger partial charge in [-0.3, -0.25) is 14.5 Å². The lowest BCUT2D eigenvalue weighted by Crippen LogP contribution is -2.52. The number of pyridine rings is 1. The number of carbonyl (C=O) groups excluding carboxylic acids is 1. The Morgan fingerprint density at radius 2 is 1.96 bits per heavy atom. The maximum absolute atomic E-state index is 12.6. The highest BCUT2D eigenvalue weighted by atomic mass is 16.2. The molecule has 3 rings (SSSR count). The van der Waals surface area contributed by atoms with E-state index in [2.05, 4.69) is 33.9 Å².